The molecule has 248 valence electrons. The summed E-state index contributed by atoms with van der Waals surface area (Å²) in [6.07, 6.45) is 0. The Balaban J connectivity index is 0.000000315. The van der Waals surface area contributed by atoms with Gasteiger partial charge in [-0.3, -0.25) is 20.2 Å². The number of hydrogen-bond donors (Lipinski definition) is 0. The van der Waals surface area contributed by atoms with E-state index in [1.165, 1.54) is 101 Å². The van der Waals surface area contributed by atoms with Gasteiger partial charge in [-0.15, -0.1) is 10.2 Å². The molecule has 0 bridgehead atoms. The van der Waals surface area contributed by atoms with E-state index in [2.05, 4.69) is 30.4 Å². The Morgan fingerprint density at radius 1 is 0.592 bits per heavy atom. The molecule has 0 atom stereocenters. The number of non-ortho nitro benzene ring substituents is 2. The van der Waals surface area contributed by atoms with Crippen molar-refractivity contribution in [3.05, 3.63) is 103 Å². The van der Waals surface area contributed by atoms with Gasteiger partial charge in [0.15, 0.2) is 21.5 Å². The van der Waals surface area contributed by atoms with Crippen LogP contribution in [-0.4, -0.2) is 38.3 Å². The van der Waals surface area contributed by atoms with E-state index in [0.717, 1.165) is 0 Å². The molecule has 0 N–H and O–H groups in total. The fraction of sp³-hybridized carbons (Fsp3) is 0.143. The molecule has 0 fully saturated rings. The van der Waals surface area contributed by atoms with Crippen molar-refractivity contribution in [3.63, 3.8) is 0 Å². The van der Waals surface area contributed by atoms with Crippen molar-refractivity contribution in [2.24, 2.45) is 20.5 Å². The van der Waals surface area contributed by atoms with Crippen molar-refractivity contribution in [3.8, 4) is 23.0 Å². The Kier molecular flexibility index (Phi) is 16.3. The molecule has 0 spiro atoms. The number of methoxy groups -OCH3 is 4. The summed E-state index contributed by atoms with van der Waals surface area (Å²) in [5.41, 5.74) is 1.91. The predicted molar refractivity (Wildman–Crippen MR) is 175 cm³/mol. The first-order valence-corrected chi connectivity index (χ1v) is 21.1. The molecule has 4 rings (SSSR count). The molecule has 0 aliphatic heterocycles. The normalized spacial score (nSPS) is 9.88. The van der Waals surface area contributed by atoms with E-state index < -0.39 is 25.0 Å². The molecule has 0 radical (unpaired) electrons. The number of halogens is 2. The van der Waals surface area contributed by atoms with E-state index in [-0.39, 0.29) is 22.7 Å². The quantitative estimate of drug-likeness (QED) is 0.0487. The van der Waals surface area contributed by atoms with Gasteiger partial charge in [0.25, 0.3) is 11.4 Å². The van der Waals surface area contributed by atoms with E-state index in [9.17, 15) is 20.2 Å². The van der Waals surface area contributed by atoms with Crippen LogP contribution in [0, 0.1) is 31.0 Å². The Morgan fingerprint density at radius 3 is 1.14 bits per heavy atom. The summed E-state index contributed by atoms with van der Waals surface area (Å²) in [5, 5.41) is 55.1. The monoisotopic (exact) mass is 762 g/mol. The van der Waals surface area contributed by atoms with Crippen LogP contribution in [0.5, 0.6) is 23.0 Å². The Bertz CT molecular complexity index is 1770. The summed E-state index contributed by atoms with van der Waals surface area (Å²) >= 11 is -0.931. The van der Waals surface area contributed by atoms with Gasteiger partial charge in [-0.05, 0) is 24.3 Å². The Labute approximate surface area is 293 Å². The summed E-state index contributed by atoms with van der Waals surface area (Å²) in [6.45, 7) is 0. The van der Waals surface area contributed by atoms with Gasteiger partial charge >= 0.3 is 45.9 Å². The number of benzene rings is 4. The van der Waals surface area contributed by atoms with Crippen molar-refractivity contribution in [2.45, 2.75) is 0 Å². The molecular weight excluding hydrogens is 741 g/mol. The van der Waals surface area contributed by atoms with Crippen molar-refractivity contribution in [1.29, 1.82) is 10.8 Å². The Hall–Kier alpha value is -5.88. The first kappa shape index (κ1) is 39.3. The van der Waals surface area contributed by atoms with Gasteiger partial charge < -0.3 is 18.9 Å². The predicted octanol–water partition coefficient (Wildman–Crippen LogP) is 10.4. The second-order valence-corrected chi connectivity index (χ2v) is 13.3. The van der Waals surface area contributed by atoms with E-state index in [1.807, 2.05) is 0 Å². The summed E-state index contributed by atoms with van der Waals surface area (Å²) in [6, 6.07) is 17.1. The van der Waals surface area contributed by atoms with Gasteiger partial charge in [-0.2, -0.15) is 10.2 Å². The second kappa shape index (κ2) is 20.4. The number of nitrogens with zero attached hydrogens (tertiary/aromatic N) is 10. The molecule has 0 unspecified atom stereocenters. The molecule has 49 heavy (non-hydrogen) atoms. The number of rotatable bonds is 10. The van der Waals surface area contributed by atoms with Crippen LogP contribution in [0.4, 0.5) is 45.5 Å². The number of azo groups is 2. The summed E-state index contributed by atoms with van der Waals surface area (Å²) in [5.74, 6) is 1.27. The van der Waals surface area contributed by atoms with Crippen LogP contribution in [-0.2, 0) is 15.1 Å². The standard InChI is InChI=1S/2C14H12N5O4.2ClH.Zn/c2*1-22-13-8-12(14(23-2)7-11(13)16-15)18-17-9-3-5-10(6-4-9)19(20)21;;;/h2*3-8H,1-2H3;2*1H;/q2*+1;;;+2/p-2. The third-order valence-electron chi connectivity index (χ3n) is 5.84. The zero-order valence-electron chi connectivity index (χ0n) is 26.1. The summed E-state index contributed by atoms with van der Waals surface area (Å²) in [4.78, 5) is 26.4. The zero-order valence-corrected chi connectivity index (χ0v) is 30.6. The zero-order chi connectivity index (χ0) is 36.3. The van der Waals surface area contributed by atoms with E-state index in [4.69, 9.17) is 49.1 Å². The molecule has 0 saturated heterocycles. The average molecular weight is 765 g/mol. The first-order chi connectivity index (χ1) is 23.6. The molecule has 0 amide bonds. The fourth-order valence-electron chi connectivity index (χ4n) is 3.55. The third kappa shape index (κ3) is 11.7. The van der Waals surface area contributed by atoms with Gasteiger partial charge in [0.1, 0.15) is 11.4 Å². The molecule has 0 aliphatic carbocycles. The van der Waals surface area contributed by atoms with Crippen molar-refractivity contribution in [1.82, 2.24) is 0 Å². The minimum absolute atomic E-state index is 0.0305. The van der Waals surface area contributed by atoms with E-state index in [0.29, 0.717) is 45.7 Å². The second-order valence-electron chi connectivity index (χ2n) is 8.64. The van der Waals surface area contributed by atoms with Crippen molar-refractivity contribution < 1.29 is 43.9 Å². The van der Waals surface area contributed by atoms with Crippen LogP contribution in [0.3, 0.4) is 0 Å². The van der Waals surface area contributed by atoms with Gasteiger partial charge in [0.05, 0.1) is 61.8 Å². The molecule has 0 heterocycles. The molecule has 4 aromatic carbocycles. The van der Waals surface area contributed by atoms with Crippen molar-refractivity contribution >= 4 is 64.9 Å². The topological polar surface area (TPSA) is 229 Å². The van der Waals surface area contributed by atoms with Gasteiger partial charge in [0, 0.05) is 36.4 Å². The molecular formula is C28H24Cl2N10O8Zn+2. The molecule has 21 heteroatoms. The SMILES string of the molecule is COc1cc([N+]#N)c(OC)cc1N=Nc1ccc([N+](=O)[O-])cc1.COc1cc([N+]#N)c(OC)cc1N=Nc1ccc([N+](=O)[O-])cc1.[Cl][Zn][Cl]. The maximum atomic E-state index is 10.6. The Morgan fingerprint density at radius 2 is 0.898 bits per heavy atom. The van der Waals surface area contributed by atoms with Crippen LogP contribution in [0.1, 0.15) is 0 Å². The number of hydrogen-bond acceptors (Lipinski definition) is 14. The van der Waals surface area contributed by atoms with E-state index >= 15 is 0 Å². The fourth-order valence-corrected chi connectivity index (χ4v) is 3.55. The third-order valence-corrected chi connectivity index (χ3v) is 5.84. The molecule has 18 nitrogen and oxygen atoms in total. The molecule has 0 aliphatic rings. The number of nitro groups is 2. The molecule has 0 saturated carbocycles. The van der Waals surface area contributed by atoms with Crippen LogP contribution in [0.15, 0.2) is 93.3 Å². The number of diazo groups is 2. The summed E-state index contributed by atoms with van der Waals surface area (Å²) in [7, 11) is 15.6. The van der Waals surface area contributed by atoms with Crippen molar-refractivity contribution in [2.75, 3.05) is 28.4 Å². The van der Waals surface area contributed by atoms with E-state index in [1.54, 1.807) is 0 Å². The number of nitro benzene ring substituents is 2. The summed E-state index contributed by atoms with van der Waals surface area (Å²) < 4.78 is 20.5. The number of ether oxygens (including phenoxy) is 4. The average Bonchev–Trinajstić information content (AvgIpc) is 3.13. The van der Waals surface area contributed by atoms with Gasteiger partial charge in [-0.1, -0.05) is 0 Å². The van der Waals surface area contributed by atoms with Gasteiger partial charge in [0.2, 0.25) is 22.3 Å². The van der Waals surface area contributed by atoms with Crippen LogP contribution in [0.25, 0.3) is 9.95 Å². The maximum absolute atomic E-state index is 10.6. The van der Waals surface area contributed by atoms with Crippen LogP contribution < -0.4 is 18.9 Å². The van der Waals surface area contributed by atoms with Crippen LogP contribution >= 0.6 is 19.4 Å². The van der Waals surface area contributed by atoms with Gasteiger partial charge in [-0.25, -0.2) is 0 Å². The molecule has 0 aromatic heterocycles. The first-order valence-electron chi connectivity index (χ1n) is 13.3. The van der Waals surface area contributed by atoms with Crippen LogP contribution in [0.2, 0.25) is 0 Å². The minimum atomic E-state index is -0.931. The molecule has 4 aromatic rings.